The van der Waals surface area contributed by atoms with Crippen LogP contribution in [0.1, 0.15) is 139 Å². The predicted octanol–water partition coefficient (Wildman–Crippen LogP) is 10.7. The number of carboxylic acids is 1. The van der Waals surface area contributed by atoms with E-state index < -0.39 is 18.1 Å². The summed E-state index contributed by atoms with van der Waals surface area (Å²) >= 11 is 0. The van der Waals surface area contributed by atoms with Crippen LogP contribution in [-0.4, -0.2) is 29.8 Å². The van der Waals surface area contributed by atoms with E-state index >= 15 is 0 Å². The van der Waals surface area contributed by atoms with Gasteiger partial charge in [-0.05, 0) is 152 Å². The largest absolute Gasteiger partial charge is 0.481 e. The number of halogens is 1. The van der Waals surface area contributed by atoms with Crippen LogP contribution in [0.25, 0.3) is 0 Å². The monoisotopic (exact) mass is 636 g/mol. The van der Waals surface area contributed by atoms with Gasteiger partial charge in [-0.15, -0.1) is 0 Å². The number of carboxylic acid groups (broad SMARTS) is 1. The molecule has 0 radical (unpaired) electrons. The molecule has 0 aromatic heterocycles. The number of aliphatic carboxylic acids is 1. The molecule has 0 saturated heterocycles. The van der Waals surface area contributed by atoms with Crippen molar-refractivity contribution >= 4 is 5.97 Å². The van der Waals surface area contributed by atoms with Gasteiger partial charge in [0.15, 0.2) is 0 Å². The fraction of sp³-hybridized carbons (Fsp3) is 0.833. The number of carbonyl (C=O) groups is 1. The number of rotatable bonds is 6. The van der Waals surface area contributed by atoms with Crippen molar-refractivity contribution in [3.63, 3.8) is 0 Å². The zero-order chi connectivity index (χ0) is 33.7. The van der Waals surface area contributed by atoms with Gasteiger partial charge in [-0.1, -0.05) is 79.7 Å². The van der Waals surface area contributed by atoms with E-state index in [0.717, 1.165) is 18.9 Å². The molecule has 4 fully saturated rings. The number of allylic oxidation sites excluding steroid dienone is 5. The topological polar surface area (TPSA) is 49.3 Å². The third kappa shape index (κ3) is 4.82. The summed E-state index contributed by atoms with van der Waals surface area (Å²) in [6, 6.07) is 0. The van der Waals surface area contributed by atoms with Gasteiger partial charge < -0.3 is 10.4 Å². The molecule has 258 valence electrons. The van der Waals surface area contributed by atoms with Gasteiger partial charge in [-0.2, -0.15) is 0 Å². The van der Waals surface area contributed by atoms with Gasteiger partial charge in [-0.25, -0.2) is 4.39 Å². The standard InChI is InChI=1S/C42H66FNO2/c1-27(2)29-15-22-42(44-26-36(3,4)5)24-23-39(9)31(34(29)42)11-12-33-38(8)18-16-30(37(6,7)32(38)17-19-40(33,39)10)28-13-20-41(25-43,21-14-28)35(45)46/h13,16,29,31-34,44H,1,11-12,14-15,17-26H2,2-10H3,(H,45,46)/t29-,31+,32-,33+,34+,38-,39+,40+,41-,42-/m0/s1. The van der Waals surface area contributed by atoms with E-state index in [-0.39, 0.29) is 21.8 Å². The minimum Gasteiger partial charge on any atom is -0.481 e. The highest BCUT2D eigenvalue weighted by Crippen LogP contribution is 2.76. The average molecular weight is 636 g/mol. The van der Waals surface area contributed by atoms with E-state index in [1.165, 1.54) is 68.1 Å². The molecule has 6 aliphatic rings. The molecule has 6 rings (SSSR count). The molecule has 0 aliphatic heterocycles. The second-order valence-electron chi connectivity index (χ2n) is 20.0. The van der Waals surface area contributed by atoms with Gasteiger partial charge in [0.1, 0.15) is 6.67 Å². The van der Waals surface area contributed by atoms with Crippen molar-refractivity contribution in [3.8, 4) is 0 Å². The highest BCUT2D eigenvalue weighted by atomic mass is 19.1. The first-order valence-electron chi connectivity index (χ1n) is 18.9. The van der Waals surface area contributed by atoms with Gasteiger partial charge in [0.25, 0.3) is 0 Å². The normalized spacial score (nSPS) is 46.6. The number of alkyl halides is 1. The maximum atomic E-state index is 13.9. The van der Waals surface area contributed by atoms with Gasteiger partial charge in [-0.3, -0.25) is 4.79 Å². The van der Waals surface area contributed by atoms with E-state index in [0.29, 0.717) is 53.8 Å². The summed E-state index contributed by atoms with van der Waals surface area (Å²) in [6.07, 6.45) is 17.6. The molecule has 0 heterocycles. The van der Waals surface area contributed by atoms with E-state index in [1.807, 2.05) is 0 Å². The highest BCUT2D eigenvalue weighted by Gasteiger charge is 2.70. The van der Waals surface area contributed by atoms with Gasteiger partial charge in [0.2, 0.25) is 0 Å². The summed E-state index contributed by atoms with van der Waals surface area (Å²) in [7, 11) is 0. The van der Waals surface area contributed by atoms with Crippen molar-refractivity contribution < 1.29 is 14.3 Å². The Kier molecular flexibility index (Phi) is 8.27. The third-order valence-corrected chi connectivity index (χ3v) is 16.3. The number of nitrogens with one attached hydrogen (secondary N) is 1. The Morgan fingerprint density at radius 2 is 1.65 bits per heavy atom. The zero-order valence-electron chi connectivity index (χ0n) is 30.9. The second-order valence-corrected chi connectivity index (χ2v) is 20.0. The smallest absolute Gasteiger partial charge is 0.312 e. The predicted molar refractivity (Wildman–Crippen MR) is 188 cm³/mol. The second kappa shape index (κ2) is 11.0. The van der Waals surface area contributed by atoms with Gasteiger partial charge >= 0.3 is 5.97 Å². The van der Waals surface area contributed by atoms with Crippen LogP contribution in [0.3, 0.4) is 0 Å². The van der Waals surface area contributed by atoms with E-state index in [1.54, 1.807) is 0 Å². The van der Waals surface area contributed by atoms with Crippen LogP contribution in [-0.2, 0) is 4.79 Å². The molecular formula is C42H66FNO2. The summed E-state index contributed by atoms with van der Waals surface area (Å²) in [6.45, 7) is 27.4. The van der Waals surface area contributed by atoms with Crippen LogP contribution in [0.15, 0.2) is 35.5 Å². The number of hydrogen-bond acceptors (Lipinski definition) is 2. The Morgan fingerprint density at radius 3 is 2.24 bits per heavy atom. The molecule has 0 aromatic carbocycles. The van der Waals surface area contributed by atoms with Crippen LogP contribution < -0.4 is 5.32 Å². The van der Waals surface area contributed by atoms with Crippen molar-refractivity contribution in [2.24, 2.45) is 62.1 Å². The first-order chi connectivity index (χ1) is 21.3. The average Bonchev–Trinajstić information content (AvgIpc) is 3.36. The maximum Gasteiger partial charge on any atom is 0.312 e. The molecule has 0 aromatic rings. The molecule has 0 unspecified atom stereocenters. The lowest BCUT2D eigenvalue weighted by molar-refractivity contribution is -0.221. The summed E-state index contributed by atoms with van der Waals surface area (Å²) in [5.74, 6) is 2.36. The molecule has 3 nitrogen and oxygen atoms in total. The van der Waals surface area contributed by atoms with Crippen LogP contribution in [0.4, 0.5) is 4.39 Å². The zero-order valence-corrected chi connectivity index (χ0v) is 30.9. The Labute approximate surface area is 280 Å². The summed E-state index contributed by atoms with van der Waals surface area (Å²) in [5.41, 5.74) is 4.33. The Bertz CT molecular complexity index is 1320. The van der Waals surface area contributed by atoms with Crippen molar-refractivity contribution in [2.45, 2.75) is 145 Å². The molecule has 4 heteroatoms. The van der Waals surface area contributed by atoms with Crippen molar-refractivity contribution in [3.05, 3.63) is 35.5 Å². The molecular weight excluding hydrogens is 569 g/mol. The molecule has 0 spiro atoms. The summed E-state index contributed by atoms with van der Waals surface area (Å²) in [5, 5.41) is 14.1. The highest BCUT2D eigenvalue weighted by molar-refractivity contribution is 5.75. The first-order valence-corrected chi connectivity index (χ1v) is 18.9. The van der Waals surface area contributed by atoms with Gasteiger partial charge in [0.05, 0.1) is 5.41 Å². The first kappa shape index (κ1) is 34.4. The minimum absolute atomic E-state index is 0.0198. The van der Waals surface area contributed by atoms with Crippen molar-refractivity contribution in [1.82, 2.24) is 5.32 Å². The van der Waals surface area contributed by atoms with Gasteiger partial charge in [0, 0.05) is 12.1 Å². The lowest BCUT2D eigenvalue weighted by atomic mass is 9.33. The molecule has 0 bridgehead atoms. The summed E-state index contributed by atoms with van der Waals surface area (Å²) in [4.78, 5) is 11.9. The minimum atomic E-state index is -1.24. The molecule has 6 aliphatic carbocycles. The molecule has 46 heavy (non-hydrogen) atoms. The third-order valence-electron chi connectivity index (χ3n) is 16.3. The van der Waals surface area contributed by atoms with E-state index in [4.69, 9.17) is 0 Å². The summed E-state index contributed by atoms with van der Waals surface area (Å²) < 4.78 is 13.9. The van der Waals surface area contributed by atoms with Crippen LogP contribution in [0.5, 0.6) is 0 Å². The molecule has 10 atom stereocenters. The van der Waals surface area contributed by atoms with Crippen molar-refractivity contribution in [1.29, 1.82) is 0 Å². The SMILES string of the molecule is C=C(C)[C@@H]1CC[C@]2(NCC(C)(C)C)CC[C@]3(C)[C@H](CC[C@@H]4[C@@]5(C)CC=C(C6=CC[C@](CF)(C(=O)O)CC6)C(C)(C)[C@@H]5CC[C@]43C)[C@@H]12. The van der Waals surface area contributed by atoms with Crippen molar-refractivity contribution in [2.75, 3.05) is 13.2 Å². The fourth-order valence-corrected chi connectivity index (χ4v) is 13.6. The Morgan fingerprint density at radius 1 is 0.935 bits per heavy atom. The Balaban J connectivity index is 1.32. The van der Waals surface area contributed by atoms with Crippen LogP contribution >= 0.6 is 0 Å². The Hall–Kier alpha value is -1.42. The van der Waals surface area contributed by atoms with Crippen LogP contribution in [0.2, 0.25) is 0 Å². The number of hydrogen-bond donors (Lipinski definition) is 2. The van der Waals surface area contributed by atoms with E-state index in [2.05, 4.69) is 86.4 Å². The molecule has 4 saturated carbocycles. The van der Waals surface area contributed by atoms with E-state index in [9.17, 15) is 14.3 Å². The van der Waals surface area contributed by atoms with Crippen LogP contribution in [0, 0.1) is 62.1 Å². The number of fused-ring (bicyclic) bond motifs is 7. The quantitative estimate of drug-likeness (QED) is 0.286. The lowest BCUT2D eigenvalue weighted by Crippen LogP contribution is -2.68. The maximum absolute atomic E-state index is 13.9. The lowest BCUT2D eigenvalue weighted by Gasteiger charge is -2.72. The fourth-order valence-electron chi connectivity index (χ4n) is 13.6. The molecule has 0 amide bonds. The molecule has 2 N–H and O–H groups in total.